The van der Waals surface area contributed by atoms with Gasteiger partial charge in [0.05, 0.1) is 25.4 Å². The predicted molar refractivity (Wildman–Crippen MR) is 133 cm³/mol. The minimum Gasteiger partial charge on any atom is -0.311 e. The summed E-state index contributed by atoms with van der Waals surface area (Å²) in [7, 11) is -3.67. The van der Waals surface area contributed by atoms with Gasteiger partial charge in [-0.3, -0.25) is 4.55 Å². The zero-order valence-corrected chi connectivity index (χ0v) is 22.2. The SMILES string of the molecule is CCCCCCCCCCCCCC[N+]1(CC#CBr)CCCCC1C.CS(=O)(=O)O. The van der Waals surface area contributed by atoms with Gasteiger partial charge in [-0.05, 0) is 49.8 Å². The van der Waals surface area contributed by atoms with Gasteiger partial charge in [0.2, 0.25) is 0 Å². The lowest BCUT2D eigenvalue weighted by Gasteiger charge is -2.45. The summed E-state index contributed by atoms with van der Waals surface area (Å²) in [5, 5.41) is 0. The molecule has 1 aliphatic rings. The highest BCUT2D eigenvalue weighted by Gasteiger charge is 2.35. The molecule has 1 saturated heterocycles. The first-order chi connectivity index (χ1) is 14.2. The fourth-order valence-corrected chi connectivity index (χ4v) is 4.59. The number of hydrogen-bond acceptors (Lipinski definition) is 2. The van der Waals surface area contributed by atoms with Crippen molar-refractivity contribution in [2.75, 3.05) is 25.9 Å². The fourth-order valence-electron chi connectivity index (χ4n) is 4.46. The van der Waals surface area contributed by atoms with E-state index in [2.05, 4.69) is 40.5 Å². The minimum atomic E-state index is -3.67. The number of halogens is 1. The lowest BCUT2D eigenvalue weighted by Crippen LogP contribution is -2.57. The first-order valence-electron chi connectivity index (χ1n) is 12.1. The lowest BCUT2D eigenvalue weighted by molar-refractivity contribution is -0.948. The smallest absolute Gasteiger partial charge is 0.261 e. The molecule has 178 valence electrons. The predicted octanol–water partition coefficient (Wildman–Crippen LogP) is 6.94. The molecule has 2 atom stereocenters. The molecule has 0 amide bonds. The Morgan fingerprint density at radius 1 is 0.933 bits per heavy atom. The van der Waals surface area contributed by atoms with Crippen LogP contribution >= 0.6 is 15.9 Å². The second kappa shape index (κ2) is 18.5. The Hall–Kier alpha value is -0.0900. The molecular weight excluding hydrogens is 462 g/mol. The first kappa shape index (κ1) is 29.9. The quantitative estimate of drug-likeness (QED) is 0.119. The van der Waals surface area contributed by atoms with E-state index in [1.807, 2.05) is 0 Å². The first-order valence-corrected chi connectivity index (χ1v) is 14.8. The number of quaternary nitrogens is 1. The maximum Gasteiger partial charge on any atom is 0.261 e. The van der Waals surface area contributed by atoms with Crippen LogP contribution in [0.25, 0.3) is 0 Å². The molecule has 0 aromatic carbocycles. The van der Waals surface area contributed by atoms with Crippen molar-refractivity contribution >= 4 is 26.0 Å². The molecular formula is C24H47BrNO3S+. The summed E-state index contributed by atoms with van der Waals surface area (Å²) >= 11 is 3.29. The Morgan fingerprint density at radius 3 is 1.83 bits per heavy atom. The Labute approximate surface area is 196 Å². The third-order valence-corrected chi connectivity index (χ3v) is 6.61. The van der Waals surface area contributed by atoms with Gasteiger partial charge in [0.25, 0.3) is 10.1 Å². The van der Waals surface area contributed by atoms with Crippen molar-refractivity contribution in [3.05, 3.63) is 0 Å². The second-order valence-corrected chi connectivity index (χ2v) is 10.9. The van der Waals surface area contributed by atoms with Crippen molar-refractivity contribution in [1.82, 2.24) is 0 Å². The van der Waals surface area contributed by atoms with E-state index in [1.54, 1.807) is 0 Å². The van der Waals surface area contributed by atoms with Gasteiger partial charge in [0, 0.05) is 15.9 Å². The largest absolute Gasteiger partial charge is 0.311 e. The van der Waals surface area contributed by atoms with Crippen molar-refractivity contribution in [2.45, 2.75) is 116 Å². The molecule has 1 fully saturated rings. The number of rotatable bonds is 14. The van der Waals surface area contributed by atoms with Crippen molar-refractivity contribution in [1.29, 1.82) is 0 Å². The second-order valence-electron chi connectivity index (χ2n) is 9.06. The average molecular weight is 510 g/mol. The Kier molecular flexibility index (Phi) is 18.4. The van der Waals surface area contributed by atoms with Crippen LogP contribution in [0.3, 0.4) is 0 Å². The van der Waals surface area contributed by atoms with Crippen molar-refractivity contribution < 1.29 is 17.5 Å². The molecule has 0 aromatic heterocycles. The van der Waals surface area contributed by atoms with E-state index in [0.717, 1.165) is 12.6 Å². The highest BCUT2D eigenvalue weighted by Crippen LogP contribution is 2.26. The van der Waals surface area contributed by atoms with E-state index < -0.39 is 10.1 Å². The van der Waals surface area contributed by atoms with Crippen LogP contribution in [0.2, 0.25) is 0 Å². The van der Waals surface area contributed by atoms with Gasteiger partial charge in [0.1, 0.15) is 6.54 Å². The van der Waals surface area contributed by atoms with Gasteiger partial charge in [0.15, 0.2) is 0 Å². The van der Waals surface area contributed by atoms with Crippen LogP contribution in [0.5, 0.6) is 0 Å². The normalized spacial score (nSPS) is 21.3. The molecule has 1 aliphatic heterocycles. The monoisotopic (exact) mass is 508 g/mol. The molecule has 0 spiro atoms. The molecule has 1 heterocycles. The Balaban J connectivity index is 0.00000150. The van der Waals surface area contributed by atoms with E-state index in [-0.39, 0.29) is 0 Å². The maximum atomic E-state index is 9.19. The maximum absolute atomic E-state index is 9.19. The van der Waals surface area contributed by atoms with Crippen LogP contribution in [0.4, 0.5) is 0 Å². The molecule has 1 rings (SSSR count). The minimum absolute atomic E-state index is 0.715. The van der Waals surface area contributed by atoms with Crippen LogP contribution in [-0.2, 0) is 10.1 Å². The van der Waals surface area contributed by atoms with Crippen molar-refractivity contribution in [3.63, 3.8) is 0 Å². The summed E-state index contributed by atoms with van der Waals surface area (Å²) < 4.78 is 27.1. The molecule has 0 saturated carbocycles. The summed E-state index contributed by atoms with van der Waals surface area (Å²) in [6.07, 6.45) is 22.2. The van der Waals surface area contributed by atoms with Crippen molar-refractivity contribution in [3.8, 4) is 10.8 Å². The standard InChI is InChI=1S/C23H43BrN.CH4O3S/c1-3-4-5-6-7-8-9-10-11-12-13-15-20-25(22-17-19-24)21-16-14-18-23(25)2;1-5(2,3)4/h23H,3-16,18,20-22H2,1-2H3;1H3,(H,2,3,4)/q+1;. The summed E-state index contributed by atoms with van der Waals surface area (Å²) in [6, 6.07) is 0.801. The number of hydrogen-bond donors (Lipinski definition) is 1. The van der Waals surface area contributed by atoms with Crippen LogP contribution in [0, 0.1) is 10.8 Å². The molecule has 0 bridgehead atoms. The fraction of sp³-hybridized carbons (Fsp3) is 0.917. The summed E-state index contributed by atoms with van der Waals surface area (Å²) in [6.45, 7) is 8.49. The molecule has 2 unspecified atom stereocenters. The van der Waals surface area contributed by atoms with Gasteiger partial charge < -0.3 is 4.48 Å². The van der Waals surface area contributed by atoms with Gasteiger partial charge in [-0.25, -0.2) is 0 Å². The molecule has 0 radical (unpaired) electrons. The summed E-state index contributed by atoms with van der Waals surface area (Å²) in [5.74, 6) is 3.32. The van der Waals surface area contributed by atoms with Crippen LogP contribution in [-0.4, -0.2) is 49.4 Å². The highest BCUT2D eigenvalue weighted by atomic mass is 79.9. The third-order valence-electron chi connectivity index (χ3n) is 6.33. The van der Waals surface area contributed by atoms with Gasteiger partial charge in [-0.1, -0.05) is 71.1 Å². The Morgan fingerprint density at radius 2 is 1.40 bits per heavy atom. The molecule has 0 aromatic rings. The molecule has 6 heteroatoms. The zero-order valence-electron chi connectivity index (χ0n) is 19.8. The number of unbranched alkanes of at least 4 members (excludes halogenated alkanes) is 11. The zero-order chi connectivity index (χ0) is 22.7. The average Bonchev–Trinajstić information content (AvgIpc) is 2.68. The van der Waals surface area contributed by atoms with Gasteiger partial charge >= 0.3 is 0 Å². The van der Waals surface area contributed by atoms with Gasteiger partial charge in [-0.15, -0.1) is 0 Å². The number of piperidine rings is 1. The molecule has 1 N–H and O–H groups in total. The van der Waals surface area contributed by atoms with Crippen LogP contribution in [0.1, 0.15) is 110 Å². The van der Waals surface area contributed by atoms with Crippen LogP contribution < -0.4 is 0 Å². The Bertz CT molecular complexity index is 563. The lowest BCUT2D eigenvalue weighted by atomic mass is 9.98. The molecule has 0 aliphatic carbocycles. The topological polar surface area (TPSA) is 54.4 Å². The van der Waals surface area contributed by atoms with Gasteiger partial charge in [-0.2, -0.15) is 8.42 Å². The highest BCUT2D eigenvalue weighted by molar-refractivity contribution is 9.12. The van der Waals surface area contributed by atoms with E-state index in [1.165, 1.54) is 114 Å². The number of nitrogens with zero attached hydrogens (tertiary/aromatic N) is 1. The van der Waals surface area contributed by atoms with E-state index in [9.17, 15) is 8.42 Å². The summed E-state index contributed by atoms with van der Waals surface area (Å²) in [4.78, 5) is 2.95. The summed E-state index contributed by atoms with van der Waals surface area (Å²) in [5.41, 5.74) is 0. The van der Waals surface area contributed by atoms with E-state index in [0.29, 0.717) is 6.26 Å². The van der Waals surface area contributed by atoms with E-state index >= 15 is 0 Å². The molecule has 30 heavy (non-hydrogen) atoms. The number of likely N-dealkylation sites (tertiary alicyclic amines) is 1. The van der Waals surface area contributed by atoms with Crippen molar-refractivity contribution in [2.24, 2.45) is 0 Å². The van der Waals surface area contributed by atoms with Crippen LogP contribution in [0.15, 0.2) is 0 Å². The van der Waals surface area contributed by atoms with E-state index in [4.69, 9.17) is 4.55 Å². The third kappa shape index (κ3) is 17.6. The molecule has 4 nitrogen and oxygen atoms in total.